The molecule has 0 atom stereocenters. The van der Waals surface area contributed by atoms with Gasteiger partial charge in [0.15, 0.2) is 5.65 Å². The maximum Gasteiger partial charge on any atom is 0.257 e. The Bertz CT molecular complexity index is 1030. The summed E-state index contributed by atoms with van der Waals surface area (Å²) in [5.41, 5.74) is 5.21. The van der Waals surface area contributed by atoms with Crippen molar-refractivity contribution in [2.24, 2.45) is 0 Å². The number of hydrogen-bond acceptors (Lipinski definition) is 4. The molecule has 4 rings (SSSR count). The lowest BCUT2D eigenvalue weighted by Crippen LogP contribution is -2.32. The molecule has 1 aliphatic heterocycles. The second-order valence-corrected chi connectivity index (χ2v) is 7.76. The van der Waals surface area contributed by atoms with Gasteiger partial charge in [-0.2, -0.15) is 0 Å². The monoisotopic (exact) mass is 424 g/mol. The Morgan fingerprint density at radius 1 is 1.10 bits per heavy atom. The number of rotatable bonds is 4. The number of carbonyl (C=O) groups is 1. The van der Waals surface area contributed by atoms with Crippen LogP contribution in [-0.2, 0) is 6.42 Å². The van der Waals surface area contributed by atoms with E-state index in [0.29, 0.717) is 11.2 Å². The third kappa shape index (κ3) is 4.73. The maximum absolute atomic E-state index is 13.4. The average Bonchev–Trinajstić information content (AvgIpc) is 3.03. The summed E-state index contributed by atoms with van der Waals surface area (Å²) in [6, 6.07) is 12.3. The van der Waals surface area contributed by atoms with Crippen LogP contribution in [0.25, 0.3) is 11.0 Å². The Hall–Kier alpha value is -2.66. The highest BCUT2D eigenvalue weighted by molar-refractivity contribution is 6.07. The molecule has 3 heterocycles. The first kappa shape index (κ1) is 22.0. The van der Waals surface area contributed by atoms with E-state index in [1.807, 2.05) is 36.1 Å². The molecular weight excluding hydrogens is 396 g/mol. The van der Waals surface area contributed by atoms with Crippen molar-refractivity contribution in [1.29, 1.82) is 0 Å². The van der Waals surface area contributed by atoms with Gasteiger partial charge >= 0.3 is 0 Å². The number of carbonyl (C=O) groups excluding carboxylic acids is 1. The molecule has 0 saturated carbocycles. The van der Waals surface area contributed by atoms with Gasteiger partial charge < -0.3 is 10.2 Å². The molecule has 6 heteroatoms. The zero-order valence-electron chi connectivity index (χ0n) is 17.6. The highest BCUT2D eigenvalue weighted by Crippen LogP contribution is 2.30. The number of benzene rings is 1. The molecule has 0 aliphatic carbocycles. The van der Waals surface area contributed by atoms with E-state index in [4.69, 9.17) is 0 Å². The molecule has 1 fully saturated rings. The Morgan fingerprint density at radius 2 is 1.87 bits per heavy atom. The largest absolute Gasteiger partial charge is 0.354 e. The molecule has 1 amide bonds. The van der Waals surface area contributed by atoms with E-state index in [0.717, 1.165) is 54.8 Å². The van der Waals surface area contributed by atoms with Gasteiger partial charge in [-0.1, -0.05) is 31.9 Å². The van der Waals surface area contributed by atoms with Crippen LogP contribution in [-0.4, -0.2) is 33.9 Å². The first-order chi connectivity index (χ1) is 14.2. The van der Waals surface area contributed by atoms with Crippen LogP contribution in [0.5, 0.6) is 0 Å². The Kier molecular flexibility index (Phi) is 7.27. The molecule has 0 bridgehead atoms. The third-order valence-corrected chi connectivity index (χ3v) is 5.60. The van der Waals surface area contributed by atoms with E-state index in [9.17, 15) is 4.79 Å². The number of anilines is 2. The number of halogens is 1. The van der Waals surface area contributed by atoms with Crippen molar-refractivity contribution >= 4 is 40.7 Å². The molecule has 0 spiro atoms. The minimum absolute atomic E-state index is 0. The zero-order valence-corrected chi connectivity index (χ0v) is 18.5. The highest BCUT2D eigenvalue weighted by atomic mass is 35.5. The fourth-order valence-corrected chi connectivity index (χ4v) is 3.93. The quantitative estimate of drug-likeness (QED) is 0.585. The molecule has 30 heavy (non-hydrogen) atoms. The van der Waals surface area contributed by atoms with Gasteiger partial charge in [-0.25, -0.2) is 9.97 Å². The SMILES string of the molecule is CCc1cccc(Nc2c(C(=O)N3CCCCCC3)cnc3nc(C)ccc23)c1.Cl. The molecule has 1 saturated heterocycles. The number of nitrogens with zero attached hydrogens (tertiary/aromatic N) is 3. The van der Waals surface area contributed by atoms with Crippen molar-refractivity contribution in [3.8, 4) is 0 Å². The fourth-order valence-electron chi connectivity index (χ4n) is 3.93. The summed E-state index contributed by atoms with van der Waals surface area (Å²) in [6.45, 7) is 5.72. The van der Waals surface area contributed by atoms with Gasteiger partial charge in [-0.15, -0.1) is 12.4 Å². The van der Waals surface area contributed by atoms with Crippen molar-refractivity contribution < 1.29 is 4.79 Å². The molecule has 0 radical (unpaired) electrons. The van der Waals surface area contributed by atoms with Gasteiger partial charge in [0.25, 0.3) is 5.91 Å². The number of aryl methyl sites for hydroxylation is 2. The molecule has 1 aromatic carbocycles. The molecule has 5 nitrogen and oxygen atoms in total. The number of nitrogens with one attached hydrogen (secondary N) is 1. The molecule has 1 aliphatic rings. The lowest BCUT2D eigenvalue weighted by Gasteiger charge is -2.22. The van der Waals surface area contributed by atoms with E-state index >= 15 is 0 Å². The van der Waals surface area contributed by atoms with E-state index in [1.54, 1.807) is 6.20 Å². The van der Waals surface area contributed by atoms with Crippen molar-refractivity contribution in [2.75, 3.05) is 18.4 Å². The number of fused-ring (bicyclic) bond motifs is 1. The van der Waals surface area contributed by atoms with Gasteiger partial charge in [0.1, 0.15) is 0 Å². The van der Waals surface area contributed by atoms with Gasteiger partial charge in [0.2, 0.25) is 0 Å². The maximum atomic E-state index is 13.4. The Labute approximate surface area is 184 Å². The summed E-state index contributed by atoms with van der Waals surface area (Å²) in [7, 11) is 0. The number of amides is 1. The summed E-state index contributed by atoms with van der Waals surface area (Å²) < 4.78 is 0. The summed E-state index contributed by atoms with van der Waals surface area (Å²) >= 11 is 0. The number of pyridine rings is 2. The normalized spacial score (nSPS) is 14.1. The van der Waals surface area contributed by atoms with Crippen molar-refractivity contribution in [1.82, 2.24) is 14.9 Å². The Balaban J connectivity index is 0.00000256. The lowest BCUT2D eigenvalue weighted by molar-refractivity contribution is 0.0762. The van der Waals surface area contributed by atoms with Crippen LogP contribution >= 0.6 is 12.4 Å². The highest BCUT2D eigenvalue weighted by Gasteiger charge is 2.22. The van der Waals surface area contributed by atoms with Crippen LogP contribution in [0.3, 0.4) is 0 Å². The van der Waals surface area contributed by atoms with Gasteiger partial charge in [0.05, 0.1) is 11.3 Å². The molecule has 0 unspecified atom stereocenters. The first-order valence-corrected chi connectivity index (χ1v) is 10.6. The third-order valence-electron chi connectivity index (χ3n) is 5.60. The summed E-state index contributed by atoms with van der Waals surface area (Å²) in [6.07, 6.45) is 7.17. The molecular formula is C24H29ClN4O. The second kappa shape index (κ2) is 9.90. The predicted octanol–water partition coefficient (Wildman–Crippen LogP) is 5.68. The van der Waals surface area contributed by atoms with E-state index in [2.05, 4.69) is 34.3 Å². The van der Waals surface area contributed by atoms with Crippen LogP contribution in [0.1, 0.15) is 54.2 Å². The van der Waals surface area contributed by atoms with Gasteiger partial charge in [0, 0.05) is 36.1 Å². The number of likely N-dealkylation sites (tertiary alicyclic amines) is 1. The lowest BCUT2D eigenvalue weighted by atomic mass is 10.1. The standard InChI is InChI=1S/C24H28N4O.ClH/c1-3-18-9-8-10-19(15-18)27-22-20-12-11-17(2)26-23(20)25-16-21(22)24(29)28-13-6-4-5-7-14-28;/h8-12,15-16H,3-7,13-14H2,1-2H3,(H,25,26,27);1H. The smallest absolute Gasteiger partial charge is 0.257 e. The van der Waals surface area contributed by atoms with Crippen LogP contribution in [0.15, 0.2) is 42.6 Å². The molecule has 158 valence electrons. The zero-order chi connectivity index (χ0) is 20.2. The second-order valence-electron chi connectivity index (χ2n) is 7.76. The molecule has 1 N–H and O–H groups in total. The van der Waals surface area contributed by atoms with Crippen LogP contribution in [0.2, 0.25) is 0 Å². The van der Waals surface area contributed by atoms with Crippen LogP contribution < -0.4 is 5.32 Å². The minimum Gasteiger partial charge on any atom is -0.354 e. The fraction of sp³-hybridized carbons (Fsp3) is 0.375. The van der Waals surface area contributed by atoms with E-state index in [1.165, 1.54) is 18.4 Å². The van der Waals surface area contributed by atoms with Gasteiger partial charge in [-0.05, 0) is 56.0 Å². The molecule has 2 aromatic heterocycles. The number of aromatic nitrogens is 2. The minimum atomic E-state index is 0. The van der Waals surface area contributed by atoms with E-state index in [-0.39, 0.29) is 18.3 Å². The van der Waals surface area contributed by atoms with Crippen LogP contribution in [0, 0.1) is 6.92 Å². The summed E-state index contributed by atoms with van der Waals surface area (Å²) in [5, 5.41) is 4.39. The van der Waals surface area contributed by atoms with E-state index < -0.39 is 0 Å². The average molecular weight is 425 g/mol. The van der Waals surface area contributed by atoms with Crippen molar-refractivity contribution in [2.45, 2.75) is 46.0 Å². The number of hydrogen-bond donors (Lipinski definition) is 1. The molecule has 3 aromatic rings. The summed E-state index contributed by atoms with van der Waals surface area (Å²) in [4.78, 5) is 24.5. The Morgan fingerprint density at radius 3 is 2.60 bits per heavy atom. The predicted molar refractivity (Wildman–Crippen MR) is 125 cm³/mol. The van der Waals surface area contributed by atoms with Crippen molar-refractivity contribution in [3.05, 3.63) is 59.4 Å². The summed E-state index contributed by atoms with van der Waals surface area (Å²) in [5.74, 6) is 0.0519. The topological polar surface area (TPSA) is 58.1 Å². The van der Waals surface area contributed by atoms with Gasteiger partial charge in [-0.3, -0.25) is 4.79 Å². The first-order valence-electron chi connectivity index (χ1n) is 10.6. The van der Waals surface area contributed by atoms with Crippen molar-refractivity contribution in [3.63, 3.8) is 0 Å². The van der Waals surface area contributed by atoms with Crippen LogP contribution in [0.4, 0.5) is 11.4 Å².